The average Bonchev–Trinajstić information content (AvgIpc) is 2.70. The summed E-state index contributed by atoms with van der Waals surface area (Å²) in [5, 5.41) is 10.1. The number of aliphatic hydroxyl groups excluding tert-OH is 1. The van der Waals surface area contributed by atoms with Crippen molar-refractivity contribution in [3.05, 3.63) is 29.8 Å². The van der Waals surface area contributed by atoms with Gasteiger partial charge in [0, 0.05) is 6.42 Å². The van der Waals surface area contributed by atoms with Crippen molar-refractivity contribution in [2.75, 3.05) is 0 Å². The van der Waals surface area contributed by atoms with E-state index in [4.69, 9.17) is 4.74 Å². The molecule has 2 nitrogen and oxygen atoms in total. The van der Waals surface area contributed by atoms with Crippen LogP contribution in [0.25, 0.3) is 0 Å². The fourth-order valence-electron chi connectivity index (χ4n) is 2.01. The zero-order valence-electron chi connectivity index (χ0n) is 9.31. The van der Waals surface area contributed by atoms with E-state index in [2.05, 4.69) is 19.9 Å². The molecule has 0 fully saturated rings. The maximum absolute atomic E-state index is 10.1. The minimum Gasteiger partial charge on any atom is -0.487 e. The Morgan fingerprint density at radius 3 is 2.87 bits per heavy atom. The SMILES string of the molecule is CCC(C)C(O)C1Cc2ccccc2O1. The summed E-state index contributed by atoms with van der Waals surface area (Å²) in [6.07, 6.45) is 1.40. The van der Waals surface area contributed by atoms with Crippen molar-refractivity contribution in [1.29, 1.82) is 0 Å². The van der Waals surface area contributed by atoms with Crippen molar-refractivity contribution < 1.29 is 9.84 Å². The van der Waals surface area contributed by atoms with Crippen molar-refractivity contribution in [3.8, 4) is 5.75 Å². The van der Waals surface area contributed by atoms with Gasteiger partial charge in [-0.2, -0.15) is 0 Å². The second-order valence-corrected chi connectivity index (χ2v) is 4.34. The van der Waals surface area contributed by atoms with E-state index in [1.165, 1.54) is 5.56 Å². The number of fused-ring (bicyclic) bond motifs is 1. The summed E-state index contributed by atoms with van der Waals surface area (Å²) in [5.41, 5.74) is 1.21. The van der Waals surface area contributed by atoms with Crippen molar-refractivity contribution >= 4 is 0 Å². The Labute approximate surface area is 90.9 Å². The zero-order valence-corrected chi connectivity index (χ0v) is 9.31. The van der Waals surface area contributed by atoms with Gasteiger partial charge in [-0.05, 0) is 17.5 Å². The second kappa shape index (κ2) is 4.23. The molecule has 0 aliphatic carbocycles. The number of ether oxygens (including phenoxy) is 1. The number of hydrogen-bond acceptors (Lipinski definition) is 2. The van der Waals surface area contributed by atoms with Gasteiger partial charge in [0.15, 0.2) is 0 Å². The van der Waals surface area contributed by atoms with Crippen molar-refractivity contribution in [2.24, 2.45) is 5.92 Å². The smallest absolute Gasteiger partial charge is 0.129 e. The first kappa shape index (κ1) is 10.5. The Morgan fingerprint density at radius 2 is 2.20 bits per heavy atom. The Kier molecular flexibility index (Phi) is 2.96. The van der Waals surface area contributed by atoms with Gasteiger partial charge in [0.2, 0.25) is 0 Å². The van der Waals surface area contributed by atoms with E-state index in [0.29, 0.717) is 5.92 Å². The van der Waals surface area contributed by atoms with Gasteiger partial charge in [-0.25, -0.2) is 0 Å². The predicted molar refractivity (Wildman–Crippen MR) is 60.0 cm³/mol. The van der Waals surface area contributed by atoms with Crippen LogP contribution in [0.4, 0.5) is 0 Å². The van der Waals surface area contributed by atoms with Crippen LogP contribution in [-0.4, -0.2) is 17.3 Å². The molecular weight excluding hydrogens is 188 g/mol. The maximum Gasteiger partial charge on any atom is 0.129 e. The van der Waals surface area contributed by atoms with Gasteiger partial charge < -0.3 is 9.84 Å². The number of benzene rings is 1. The lowest BCUT2D eigenvalue weighted by molar-refractivity contribution is 0.0122. The summed E-state index contributed by atoms with van der Waals surface area (Å²) >= 11 is 0. The summed E-state index contributed by atoms with van der Waals surface area (Å²) in [6.45, 7) is 4.16. The molecule has 1 aliphatic heterocycles. The number of rotatable bonds is 3. The third kappa shape index (κ3) is 2.00. The molecule has 82 valence electrons. The highest BCUT2D eigenvalue weighted by atomic mass is 16.5. The maximum atomic E-state index is 10.1. The topological polar surface area (TPSA) is 29.5 Å². The second-order valence-electron chi connectivity index (χ2n) is 4.34. The largest absolute Gasteiger partial charge is 0.487 e. The molecule has 0 amide bonds. The van der Waals surface area contributed by atoms with Gasteiger partial charge in [0.1, 0.15) is 11.9 Å². The van der Waals surface area contributed by atoms with Crippen molar-refractivity contribution in [1.82, 2.24) is 0 Å². The van der Waals surface area contributed by atoms with Crippen LogP contribution < -0.4 is 4.74 Å². The first-order valence-electron chi connectivity index (χ1n) is 5.65. The molecule has 0 bridgehead atoms. The lowest BCUT2D eigenvalue weighted by atomic mass is 9.95. The Bertz CT molecular complexity index is 310. The number of para-hydroxylation sites is 1. The van der Waals surface area contributed by atoms with E-state index in [-0.39, 0.29) is 12.2 Å². The molecule has 15 heavy (non-hydrogen) atoms. The molecule has 0 radical (unpaired) electrons. The molecule has 0 saturated heterocycles. The van der Waals surface area contributed by atoms with Crippen molar-refractivity contribution in [2.45, 2.75) is 38.9 Å². The fraction of sp³-hybridized carbons (Fsp3) is 0.538. The van der Waals surface area contributed by atoms with Crippen LogP contribution in [0.3, 0.4) is 0 Å². The standard InChI is InChI=1S/C13H18O2/c1-3-9(2)13(14)12-8-10-6-4-5-7-11(10)15-12/h4-7,9,12-14H,3,8H2,1-2H3. The molecule has 0 spiro atoms. The van der Waals surface area contributed by atoms with E-state index in [0.717, 1.165) is 18.6 Å². The van der Waals surface area contributed by atoms with E-state index in [1.807, 2.05) is 18.2 Å². The Balaban J connectivity index is 2.07. The molecule has 2 rings (SSSR count). The third-order valence-corrected chi connectivity index (χ3v) is 3.28. The van der Waals surface area contributed by atoms with Crippen LogP contribution in [0.1, 0.15) is 25.8 Å². The molecule has 2 heteroatoms. The third-order valence-electron chi connectivity index (χ3n) is 3.28. The molecule has 1 heterocycles. The van der Waals surface area contributed by atoms with Crippen molar-refractivity contribution in [3.63, 3.8) is 0 Å². The van der Waals surface area contributed by atoms with Crippen LogP contribution in [-0.2, 0) is 6.42 Å². The van der Waals surface area contributed by atoms with Crippen LogP contribution in [0.5, 0.6) is 5.75 Å². The summed E-state index contributed by atoms with van der Waals surface area (Å²) < 4.78 is 5.74. The molecule has 1 aromatic rings. The normalized spacial score (nSPS) is 23.0. The Morgan fingerprint density at radius 1 is 1.47 bits per heavy atom. The molecule has 1 aromatic carbocycles. The quantitative estimate of drug-likeness (QED) is 0.823. The van der Waals surface area contributed by atoms with Gasteiger partial charge >= 0.3 is 0 Å². The van der Waals surface area contributed by atoms with E-state index < -0.39 is 0 Å². The summed E-state index contributed by atoms with van der Waals surface area (Å²) in [6, 6.07) is 8.02. The summed E-state index contributed by atoms with van der Waals surface area (Å²) in [7, 11) is 0. The first-order valence-corrected chi connectivity index (χ1v) is 5.65. The van der Waals surface area contributed by atoms with E-state index in [1.54, 1.807) is 0 Å². The monoisotopic (exact) mass is 206 g/mol. The van der Waals surface area contributed by atoms with Crippen LogP contribution in [0.2, 0.25) is 0 Å². The van der Waals surface area contributed by atoms with Crippen LogP contribution >= 0.6 is 0 Å². The molecular formula is C13H18O2. The van der Waals surface area contributed by atoms with Gasteiger partial charge in [0.25, 0.3) is 0 Å². The van der Waals surface area contributed by atoms with E-state index >= 15 is 0 Å². The number of hydrogen-bond donors (Lipinski definition) is 1. The minimum atomic E-state index is -0.359. The number of aliphatic hydroxyl groups is 1. The Hall–Kier alpha value is -1.02. The lowest BCUT2D eigenvalue weighted by Gasteiger charge is -2.23. The zero-order chi connectivity index (χ0) is 10.8. The molecule has 3 unspecified atom stereocenters. The molecule has 0 aromatic heterocycles. The fourth-order valence-corrected chi connectivity index (χ4v) is 2.01. The lowest BCUT2D eigenvalue weighted by Crippen LogP contribution is -2.35. The molecule has 0 saturated carbocycles. The van der Waals surface area contributed by atoms with Crippen LogP contribution in [0, 0.1) is 5.92 Å². The minimum absolute atomic E-state index is 0.0580. The van der Waals surface area contributed by atoms with Gasteiger partial charge in [-0.15, -0.1) is 0 Å². The predicted octanol–water partition coefficient (Wildman–Crippen LogP) is 2.40. The first-order chi connectivity index (χ1) is 7.22. The highest BCUT2D eigenvalue weighted by Crippen LogP contribution is 2.31. The highest BCUT2D eigenvalue weighted by molar-refractivity contribution is 5.37. The van der Waals surface area contributed by atoms with Crippen LogP contribution in [0.15, 0.2) is 24.3 Å². The van der Waals surface area contributed by atoms with Gasteiger partial charge in [0.05, 0.1) is 6.10 Å². The average molecular weight is 206 g/mol. The molecule has 1 N–H and O–H groups in total. The molecule has 1 aliphatic rings. The summed E-state index contributed by atoms with van der Waals surface area (Å²) in [5.74, 6) is 1.23. The highest BCUT2D eigenvalue weighted by Gasteiger charge is 2.31. The van der Waals surface area contributed by atoms with Gasteiger partial charge in [-0.1, -0.05) is 38.5 Å². The van der Waals surface area contributed by atoms with E-state index in [9.17, 15) is 5.11 Å². The molecule has 3 atom stereocenters. The van der Waals surface area contributed by atoms with Gasteiger partial charge in [-0.3, -0.25) is 0 Å². The summed E-state index contributed by atoms with van der Waals surface area (Å²) in [4.78, 5) is 0.